The third kappa shape index (κ3) is 2.87. The van der Waals surface area contributed by atoms with Gasteiger partial charge in [0.05, 0.1) is 23.2 Å². The van der Waals surface area contributed by atoms with Crippen LogP contribution in [0, 0.1) is 0 Å². The van der Waals surface area contributed by atoms with Gasteiger partial charge in [-0.15, -0.1) is 0 Å². The number of hydrogen-bond acceptors (Lipinski definition) is 3. The number of rotatable bonds is 4. The van der Waals surface area contributed by atoms with Gasteiger partial charge in [-0.1, -0.05) is 31.0 Å². The lowest BCUT2D eigenvalue weighted by atomic mass is 10.0. The van der Waals surface area contributed by atoms with E-state index in [0.717, 1.165) is 30.2 Å². The number of halogens is 1. The Labute approximate surface area is 117 Å². The first-order valence-corrected chi connectivity index (χ1v) is 6.70. The van der Waals surface area contributed by atoms with Gasteiger partial charge < -0.3 is 4.74 Å². The molecule has 0 aliphatic carbocycles. The highest BCUT2D eigenvalue weighted by Crippen LogP contribution is 2.27. The molecule has 0 aliphatic heterocycles. The van der Waals surface area contributed by atoms with E-state index in [-0.39, 0.29) is 0 Å². The molecule has 0 bridgehead atoms. The number of nitrogens with zero attached hydrogens (tertiary/aromatic N) is 1. The summed E-state index contributed by atoms with van der Waals surface area (Å²) in [5.74, 6) is -0.460. The standard InChI is InChI=1S/C15H16ClNO2/c1-3-4-5-10-6-7-13-11(8-10)14(16)12(9-17-13)15(18)19-2/h6-9H,3-5H2,1-2H3. The molecule has 0 fully saturated rings. The molecule has 0 spiro atoms. The molecule has 1 heterocycles. The van der Waals surface area contributed by atoms with Crippen LogP contribution in [0.5, 0.6) is 0 Å². The van der Waals surface area contributed by atoms with E-state index in [1.807, 2.05) is 12.1 Å². The summed E-state index contributed by atoms with van der Waals surface area (Å²) in [6.45, 7) is 2.16. The molecule has 0 atom stereocenters. The number of methoxy groups -OCH3 is 1. The van der Waals surface area contributed by atoms with Crippen LogP contribution in [0.2, 0.25) is 5.02 Å². The Bertz CT molecular complexity index is 610. The maximum atomic E-state index is 11.6. The number of esters is 1. The summed E-state index contributed by atoms with van der Waals surface area (Å²) in [5.41, 5.74) is 2.31. The first-order valence-electron chi connectivity index (χ1n) is 6.32. The molecular formula is C15H16ClNO2. The largest absolute Gasteiger partial charge is 0.465 e. The molecule has 1 aromatic heterocycles. The lowest BCUT2D eigenvalue weighted by Gasteiger charge is -2.07. The second-order valence-corrected chi connectivity index (χ2v) is 4.81. The molecule has 3 nitrogen and oxygen atoms in total. The lowest BCUT2D eigenvalue weighted by molar-refractivity contribution is 0.0600. The van der Waals surface area contributed by atoms with Crippen molar-refractivity contribution >= 4 is 28.5 Å². The zero-order chi connectivity index (χ0) is 13.8. The molecule has 2 rings (SSSR count). The predicted molar refractivity (Wildman–Crippen MR) is 76.7 cm³/mol. The van der Waals surface area contributed by atoms with E-state index in [1.54, 1.807) is 0 Å². The Morgan fingerprint density at radius 3 is 2.89 bits per heavy atom. The minimum Gasteiger partial charge on any atom is -0.465 e. The van der Waals surface area contributed by atoms with Crippen molar-refractivity contribution in [2.45, 2.75) is 26.2 Å². The summed E-state index contributed by atoms with van der Waals surface area (Å²) in [4.78, 5) is 15.8. The van der Waals surface area contributed by atoms with E-state index in [1.165, 1.54) is 18.9 Å². The molecule has 0 aliphatic rings. The minimum absolute atomic E-state index is 0.310. The van der Waals surface area contributed by atoms with Crippen molar-refractivity contribution in [3.8, 4) is 0 Å². The van der Waals surface area contributed by atoms with E-state index >= 15 is 0 Å². The molecule has 19 heavy (non-hydrogen) atoms. The average molecular weight is 278 g/mol. The highest BCUT2D eigenvalue weighted by atomic mass is 35.5. The fourth-order valence-corrected chi connectivity index (χ4v) is 2.27. The molecule has 0 N–H and O–H groups in total. The van der Waals surface area contributed by atoms with E-state index in [0.29, 0.717) is 10.6 Å². The van der Waals surface area contributed by atoms with E-state index in [9.17, 15) is 4.79 Å². The van der Waals surface area contributed by atoms with E-state index in [4.69, 9.17) is 16.3 Å². The number of hydrogen-bond donors (Lipinski definition) is 0. The van der Waals surface area contributed by atoms with Gasteiger partial charge in [-0.05, 0) is 30.5 Å². The number of carbonyl (C=O) groups excluding carboxylic acids is 1. The van der Waals surface area contributed by atoms with Crippen molar-refractivity contribution in [3.63, 3.8) is 0 Å². The normalized spacial score (nSPS) is 10.7. The van der Waals surface area contributed by atoms with Crippen molar-refractivity contribution in [2.75, 3.05) is 7.11 Å². The van der Waals surface area contributed by atoms with Gasteiger partial charge >= 0.3 is 5.97 Å². The van der Waals surface area contributed by atoms with Gasteiger partial charge in [-0.25, -0.2) is 4.79 Å². The number of pyridine rings is 1. The smallest absolute Gasteiger partial charge is 0.340 e. The molecule has 0 saturated heterocycles. The van der Waals surface area contributed by atoms with Gasteiger partial charge in [0.25, 0.3) is 0 Å². The summed E-state index contributed by atoms with van der Waals surface area (Å²) in [6, 6.07) is 6.00. The number of ether oxygens (including phenoxy) is 1. The number of aryl methyl sites for hydroxylation is 1. The Hall–Kier alpha value is -1.61. The SMILES string of the molecule is CCCCc1ccc2ncc(C(=O)OC)c(Cl)c2c1. The second kappa shape index (κ2) is 6.02. The highest BCUT2D eigenvalue weighted by molar-refractivity contribution is 6.38. The summed E-state index contributed by atoms with van der Waals surface area (Å²) >= 11 is 6.28. The van der Waals surface area contributed by atoms with Gasteiger partial charge in [-0.3, -0.25) is 4.98 Å². The van der Waals surface area contributed by atoms with Crippen LogP contribution in [0.15, 0.2) is 24.4 Å². The Balaban J connectivity index is 2.49. The van der Waals surface area contributed by atoms with E-state index < -0.39 is 5.97 Å². The van der Waals surface area contributed by atoms with Gasteiger partial charge in [-0.2, -0.15) is 0 Å². The molecule has 2 aromatic rings. The average Bonchev–Trinajstić information content (AvgIpc) is 2.45. The van der Waals surface area contributed by atoms with Crippen LogP contribution in [0.4, 0.5) is 0 Å². The zero-order valence-electron chi connectivity index (χ0n) is 11.1. The number of benzene rings is 1. The fraction of sp³-hybridized carbons (Fsp3) is 0.333. The molecular weight excluding hydrogens is 262 g/mol. The van der Waals surface area contributed by atoms with Crippen molar-refractivity contribution < 1.29 is 9.53 Å². The van der Waals surface area contributed by atoms with E-state index in [2.05, 4.69) is 18.0 Å². The quantitative estimate of drug-likeness (QED) is 0.793. The first-order chi connectivity index (χ1) is 9.17. The number of fused-ring (bicyclic) bond motifs is 1. The predicted octanol–water partition coefficient (Wildman–Crippen LogP) is 4.02. The molecule has 0 saturated carbocycles. The van der Waals surface area contributed by atoms with Crippen LogP contribution in [0.25, 0.3) is 10.9 Å². The second-order valence-electron chi connectivity index (χ2n) is 4.43. The van der Waals surface area contributed by atoms with Gasteiger partial charge in [0.2, 0.25) is 0 Å². The van der Waals surface area contributed by atoms with Crippen LogP contribution in [-0.2, 0) is 11.2 Å². The molecule has 0 radical (unpaired) electrons. The van der Waals surface area contributed by atoms with Crippen LogP contribution in [-0.4, -0.2) is 18.1 Å². The third-order valence-corrected chi connectivity index (χ3v) is 3.50. The van der Waals surface area contributed by atoms with Crippen LogP contribution in [0.1, 0.15) is 35.7 Å². The summed E-state index contributed by atoms with van der Waals surface area (Å²) in [7, 11) is 1.33. The molecule has 0 unspecified atom stereocenters. The van der Waals surface area contributed by atoms with Crippen molar-refractivity contribution in [3.05, 3.63) is 40.5 Å². The number of unbranched alkanes of at least 4 members (excludes halogenated alkanes) is 1. The number of carbonyl (C=O) groups is 1. The van der Waals surface area contributed by atoms with Crippen molar-refractivity contribution in [1.82, 2.24) is 4.98 Å². The van der Waals surface area contributed by atoms with Crippen molar-refractivity contribution in [2.24, 2.45) is 0 Å². The molecule has 1 aromatic carbocycles. The fourth-order valence-electron chi connectivity index (χ4n) is 2.00. The van der Waals surface area contributed by atoms with Gasteiger partial charge in [0.1, 0.15) is 0 Å². The molecule has 4 heteroatoms. The van der Waals surface area contributed by atoms with Gasteiger partial charge in [0.15, 0.2) is 0 Å². The zero-order valence-corrected chi connectivity index (χ0v) is 11.8. The van der Waals surface area contributed by atoms with Crippen LogP contribution in [0.3, 0.4) is 0 Å². The van der Waals surface area contributed by atoms with Crippen LogP contribution < -0.4 is 0 Å². The summed E-state index contributed by atoms with van der Waals surface area (Å²) in [5, 5.41) is 1.22. The Morgan fingerprint density at radius 1 is 1.42 bits per heavy atom. The maximum Gasteiger partial charge on any atom is 0.340 e. The number of aromatic nitrogens is 1. The lowest BCUT2D eigenvalue weighted by Crippen LogP contribution is -2.03. The summed E-state index contributed by atoms with van der Waals surface area (Å²) < 4.78 is 4.70. The topological polar surface area (TPSA) is 39.2 Å². The highest BCUT2D eigenvalue weighted by Gasteiger charge is 2.14. The third-order valence-electron chi connectivity index (χ3n) is 3.09. The maximum absolute atomic E-state index is 11.6. The Kier molecular flexibility index (Phi) is 4.38. The molecule has 0 amide bonds. The summed E-state index contributed by atoms with van der Waals surface area (Å²) in [6.07, 6.45) is 4.74. The minimum atomic E-state index is -0.460. The monoisotopic (exact) mass is 277 g/mol. The Morgan fingerprint density at radius 2 is 2.21 bits per heavy atom. The van der Waals surface area contributed by atoms with Gasteiger partial charge in [0, 0.05) is 11.6 Å². The van der Waals surface area contributed by atoms with Crippen LogP contribution >= 0.6 is 11.6 Å². The van der Waals surface area contributed by atoms with Crippen molar-refractivity contribution in [1.29, 1.82) is 0 Å². The molecule has 100 valence electrons. The first kappa shape index (κ1) is 13.8.